The van der Waals surface area contributed by atoms with Crippen molar-refractivity contribution in [2.75, 3.05) is 26.2 Å². The van der Waals surface area contributed by atoms with E-state index < -0.39 is 17.8 Å². The molecule has 0 saturated carbocycles. The van der Waals surface area contributed by atoms with Crippen molar-refractivity contribution in [1.29, 1.82) is 0 Å². The van der Waals surface area contributed by atoms with Gasteiger partial charge in [0.2, 0.25) is 0 Å². The van der Waals surface area contributed by atoms with E-state index >= 15 is 0 Å². The van der Waals surface area contributed by atoms with Crippen LogP contribution in [0.3, 0.4) is 0 Å². The molecular weight excluding hydrogens is 349 g/mol. The van der Waals surface area contributed by atoms with Crippen molar-refractivity contribution >= 4 is 11.8 Å². The lowest BCUT2D eigenvalue weighted by Crippen LogP contribution is -2.52. The molecule has 3 rings (SSSR count). The van der Waals surface area contributed by atoms with E-state index in [1.807, 2.05) is 35.2 Å². The number of carbonyl (C=O) groups is 2. The minimum atomic E-state index is -0.634. The molecule has 1 fully saturated rings. The molecule has 2 N–H and O–H groups in total. The van der Waals surface area contributed by atoms with E-state index in [9.17, 15) is 14.0 Å². The van der Waals surface area contributed by atoms with Gasteiger partial charge in [0.1, 0.15) is 11.9 Å². The summed E-state index contributed by atoms with van der Waals surface area (Å²) in [7, 11) is 0. The van der Waals surface area contributed by atoms with Crippen LogP contribution in [0, 0.1) is 12.7 Å². The Balaban J connectivity index is 1.70. The van der Waals surface area contributed by atoms with E-state index in [1.54, 1.807) is 29.4 Å². The topological polar surface area (TPSA) is 72.9 Å². The van der Waals surface area contributed by atoms with Crippen molar-refractivity contribution < 1.29 is 19.2 Å². The number of nitrogens with zero attached hydrogens (tertiary/aromatic N) is 2. The molecule has 1 aliphatic rings. The van der Waals surface area contributed by atoms with Gasteiger partial charge in [0.25, 0.3) is 11.8 Å². The summed E-state index contributed by atoms with van der Waals surface area (Å²) in [6, 6.07) is 13.0. The molecule has 1 heterocycles. The highest BCUT2D eigenvalue weighted by Crippen LogP contribution is 2.23. The molecule has 0 aliphatic carbocycles. The summed E-state index contributed by atoms with van der Waals surface area (Å²) in [6.45, 7) is 3.41. The van der Waals surface area contributed by atoms with Gasteiger partial charge in [-0.05, 0) is 30.2 Å². The highest BCUT2D eigenvalue weighted by Gasteiger charge is 2.31. The normalized spacial score (nSPS) is 16.0. The van der Waals surface area contributed by atoms with E-state index in [1.165, 1.54) is 6.07 Å². The van der Waals surface area contributed by atoms with Gasteiger partial charge in [-0.3, -0.25) is 19.7 Å². The van der Waals surface area contributed by atoms with Crippen molar-refractivity contribution in [3.63, 3.8) is 0 Å². The van der Waals surface area contributed by atoms with Crippen LogP contribution in [-0.2, 0) is 4.79 Å². The Morgan fingerprint density at radius 2 is 1.74 bits per heavy atom. The fraction of sp³-hybridized carbons (Fsp3) is 0.300. The number of hydrogen-bond donors (Lipinski definition) is 2. The van der Waals surface area contributed by atoms with Crippen molar-refractivity contribution in [1.82, 2.24) is 15.3 Å². The zero-order valence-electron chi connectivity index (χ0n) is 15.1. The smallest absolute Gasteiger partial charge is 0.265 e. The van der Waals surface area contributed by atoms with Crippen molar-refractivity contribution in [2.45, 2.75) is 13.0 Å². The predicted molar refractivity (Wildman–Crippen MR) is 97.7 cm³/mol. The lowest BCUT2D eigenvalue weighted by molar-refractivity contribution is -0.135. The second-order valence-electron chi connectivity index (χ2n) is 6.58. The highest BCUT2D eigenvalue weighted by molar-refractivity contribution is 5.94. The molecule has 2 aromatic carbocycles. The molecule has 2 aromatic rings. The average Bonchev–Trinajstić information content (AvgIpc) is 2.71. The first-order valence-corrected chi connectivity index (χ1v) is 8.79. The molecule has 0 aromatic heterocycles. The van der Waals surface area contributed by atoms with E-state index in [4.69, 9.17) is 5.21 Å². The second-order valence-corrected chi connectivity index (χ2v) is 6.58. The minimum Gasteiger partial charge on any atom is -0.336 e. The van der Waals surface area contributed by atoms with Gasteiger partial charge in [0.15, 0.2) is 0 Å². The molecule has 6 nitrogen and oxygen atoms in total. The number of carbonyl (C=O) groups excluding carboxylic acids is 2. The van der Waals surface area contributed by atoms with Crippen LogP contribution in [0.2, 0.25) is 0 Å². The maximum Gasteiger partial charge on any atom is 0.265 e. The number of amides is 2. The summed E-state index contributed by atoms with van der Waals surface area (Å²) < 4.78 is 13.7. The quantitative estimate of drug-likeness (QED) is 0.638. The van der Waals surface area contributed by atoms with Gasteiger partial charge in [0.05, 0.1) is 0 Å². The highest BCUT2D eigenvalue weighted by atomic mass is 19.1. The van der Waals surface area contributed by atoms with Crippen LogP contribution >= 0.6 is 0 Å². The predicted octanol–water partition coefficient (Wildman–Crippen LogP) is 2.14. The molecule has 1 saturated heterocycles. The van der Waals surface area contributed by atoms with Gasteiger partial charge in [-0.2, -0.15) is 0 Å². The summed E-state index contributed by atoms with van der Waals surface area (Å²) in [6.07, 6.45) is 0. The first-order valence-electron chi connectivity index (χ1n) is 8.79. The molecule has 2 amide bonds. The van der Waals surface area contributed by atoms with Gasteiger partial charge < -0.3 is 4.90 Å². The SMILES string of the molecule is Cc1ccc(C(=O)N2CCN(C(C(=O)NO)c3ccccc3)CC2)cc1F. The first-order chi connectivity index (χ1) is 13.0. The van der Waals surface area contributed by atoms with E-state index in [2.05, 4.69) is 0 Å². The van der Waals surface area contributed by atoms with Gasteiger partial charge in [-0.25, -0.2) is 9.87 Å². The van der Waals surface area contributed by atoms with Crippen LogP contribution in [0.15, 0.2) is 48.5 Å². The van der Waals surface area contributed by atoms with Crippen molar-refractivity contribution in [3.05, 3.63) is 71.0 Å². The monoisotopic (exact) mass is 371 g/mol. The number of benzene rings is 2. The van der Waals surface area contributed by atoms with Crippen LogP contribution in [0.5, 0.6) is 0 Å². The number of hydroxylamine groups is 1. The Labute approximate surface area is 157 Å². The van der Waals surface area contributed by atoms with E-state index in [-0.39, 0.29) is 5.91 Å². The van der Waals surface area contributed by atoms with Gasteiger partial charge in [-0.1, -0.05) is 36.4 Å². The Bertz CT molecular complexity index is 820. The molecule has 0 spiro atoms. The third kappa shape index (κ3) is 4.15. The fourth-order valence-electron chi connectivity index (χ4n) is 3.32. The molecule has 0 bridgehead atoms. The third-order valence-corrected chi connectivity index (χ3v) is 4.86. The summed E-state index contributed by atoms with van der Waals surface area (Å²) in [5, 5.41) is 9.11. The summed E-state index contributed by atoms with van der Waals surface area (Å²) >= 11 is 0. The van der Waals surface area contributed by atoms with Gasteiger partial charge in [0, 0.05) is 31.7 Å². The maximum atomic E-state index is 13.7. The second kappa shape index (κ2) is 8.28. The van der Waals surface area contributed by atoms with Crippen LogP contribution in [0.4, 0.5) is 4.39 Å². The van der Waals surface area contributed by atoms with Crippen LogP contribution < -0.4 is 5.48 Å². The molecule has 142 valence electrons. The Kier molecular flexibility index (Phi) is 5.83. The van der Waals surface area contributed by atoms with Crippen LogP contribution in [-0.4, -0.2) is 53.0 Å². The number of halogens is 1. The zero-order valence-corrected chi connectivity index (χ0v) is 15.1. The molecule has 0 radical (unpaired) electrons. The van der Waals surface area contributed by atoms with Gasteiger partial charge in [-0.15, -0.1) is 0 Å². The lowest BCUT2D eigenvalue weighted by atomic mass is 10.0. The largest absolute Gasteiger partial charge is 0.336 e. The number of piperazine rings is 1. The summed E-state index contributed by atoms with van der Waals surface area (Å²) in [5.41, 5.74) is 3.31. The Morgan fingerprint density at radius 3 is 2.33 bits per heavy atom. The maximum absolute atomic E-state index is 13.7. The molecule has 27 heavy (non-hydrogen) atoms. The van der Waals surface area contributed by atoms with E-state index in [0.717, 1.165) is 5.56 Å². The van der Waals surface area contributed by atoms with E-state index in [0.29, 0.717) is 37.3 Å². The number of aryl methyl sites for hydroxylation is 1. The summed E-state index contributed by atoms with van der Waals surface area (Å²) in [5.74, 6) is -1.14. The molecule has 7 heteroatoms. The van der Waals surface area contributed by atoms with Crippen LogP contribution in [0.25, 0.3) is 0 Å². The molecule has 1 atom stereocenters. The van der Waals surface area contributed by atoms with Crippen molar-refractivity contribution in [3.8, 4) is 0 Å². The number of nitrogens with one attached hydrogen (secondary N) is 1. The lowest BCUT2D eigenvalue weighted by Gasteiger charge is -2.38. The summed E-state index contributed by atoms with van der Waals surface area (Å²) in [4.78, 5) is 28.4. The average molecular weight is 371 g/mol. The zero-order chi connectivity index (χ0) is 19.4. The van der Waals surface area contributed by atoms with Crippen LogP contribution in [0.1, 0.15) is 27.5 Å². The Hall–Kier alpha value is -2.77. The molecule has 1 aliphatic heterocycles. The number of rotatable bonds is 4. The molecular formula is C20H22FN3O3. The van der Waals surface area contributed by atoms with Crippen molar-refractivity contribution in [2.24, 2.45) is 0 Å². The number of hydrogen-bond acceptors (Lipinski definition) is 4. The standard InChI is InChI=1S/C20H22FN3O3/c1-14-7-8-16(13-17(14)21)20(26)24-11-9-23(10-12-24)18(19(25)22-27)15-5-3-2-4-6-15/h2-8,13,18,27H,9-12H2,1H3,(H,22,25). The fourth-order valence-corrected chi connectivity index (χ4v) is 3.32. The van der Waals surface area contributed by atoms with Gasteiger partial charge >= 0.3 is 0 Å². The minimum absolute atomic E-state index is 0.226. The first kappa shape index (κ1) is 19.0. The Morgan fingerprint density at radius 1 is 1.07 bits per heavy atom. The third-order valence-electron chi connectivity index (χ3n) is 4.86. The molecule has 1 unspecified atom stereocenters.